The summed E-state index contributed by atoms with van der Waals surface area (Å²) >= 11 is 0. The molecule has 3 aromatic rings. The molecule has 32 heavy (non-hydrogen) atoms. The molecule has 0 unspecified atom stereocenters. The number of para-hydroxylation sites is 1. The second-order valence-electron chi connectivity index (χ2n) is 7.98. The number of piperazine rings is 1. The van der Waals surface area contributed by atoms with Crippen LogP contribution >= 0.6 is 0 Å². The smallest absolute Gasteiger partial charge is 0.410 e. The van der Waals surface area contributed by atoms with Crippen LogP contribution in [-0.2, 0) is 0 Å². The molecule has 1 N–H and O–H groups in total. The molecule has 1 amide bonds. The topological polar surface area (TPSA) is 66.5 Å². The first kappa shape index (κ1) is 20.5. The zero-order chi connectivity index (χ0) is 22.3. The largest absolute Gasteiger partial charge is 0.467 e. The van der Waals surface area contributed by atoms with Gasteiger partial charge in [-0.25, -0.2) is 4.68 Å². The number of hydrogen-bond acceptors (Lipinski definition) is 5. The number of nitrogens with zero attached hydrogens (tertiary/aromatic N) is 4. The van der Waals surface area contributed by atoms with Crippen LogP contribution in [0.15, 0.2) is 59.2 Å². The van der Waals surface area contributed by atoms with Crippen molar-refractivity contribution >= 4 is 17.4 Å². The van der Waals surface area contributed by atoms with E-state index in [2.05, 4.69) is 15.3 Å². The molecule has 10 heteroatoms. The molecule has 7 nitrogen and oxygen atoms in total. The molecule has 2 aromatic heterocycles. The summed E-state index contributed by atoms with van der Waals surface area (Å²) in [6.45, 7) is 2.24. The van der Waals surface area contributed by atoms with Crippen molar-refractivity contribution in [3.8, 4) is 0 Å². The quantitative estimate of drug-likeness (QED) is 0.658. The van der Waals surface area contributed by atoms with Crippen LogP contribution in [0.2, 0.25) is 0 Å². The highest BCUT2D eigenvalue weighted by Crippen LogP contribution is 2.43. The van der Waals surface area contributed by atoms with Crippen LogP contribution in [0.1, 0.15) is 34.8 Å². The molecule has 0 saturated carbocycles. The predicted molar refractivity (Wildman–Crippen MR) is 112 cm³/mol. The Labute approximate surface area is 182 Å². The molecular formula is C22H22F3N5O2. The fourth-order valence-corrected chi connectivity index (χ4v) is 4.32. The lowest BCUT2D eigenvalue weighted by Gasteiger charge is -2.35. The molecule has 4 heterocycles. The molecule has 1 aromatic carbocycles. The number of rotatable bonds is 3. The first-order valence-electron chi connectivity index (χ1n) is 10.5. The first-order valence-corrected chi connectivity index (χ1v) is 10.5. The van der Waals surface area contributed by atoms with Crippen molar-refractivity contribution in [3.05, 3.63) is 66.2 Å². The number of aromatic nitrogens is 2. The van der Waals surface area contributed by atoms with Gasteiger partial charge >= 0.3 is 6.18 Å². The maximum Gasteiger partial charge on any atom is 0.410 e. The lowest BCUT2D eigenvalue weighted by molar-refractivity contribution is -0.174. The zero-order valence-corrected chi connectivity index (χ0v) is 17.1. The van der Waals surface area contributed by atoms with Gasteiger partial charge in [-0.05, 0) is 24.3 Å². The van der Waals surface area contributed by atoms with Crippen LogP contribution in [0.4, 0.5) is 24.7 Å². The first-order chi connectivity index (χ1) is 15.4. The van der Waals surface area contributed by atoms with E-state index in [1.54, 1.807) is 17.0 Å². The van der Waals surface area contributed by atoms with Gasteiger partial charge in [0.25, 0.3) is 5.91 Å². The minimum atomic E-state index is -4.50. The summed E-state index contributed by atoms with van der Waals surface area (Å²) in [7, 11) is 0. The van der Waals surface area contributed by atoms with E-state index in [-0.39, 0.29) is 23.8 Å². The van der Waals surface area contributed by atoms with E-state index >= 15 is 0 Å². The van der Waals surface area contributed by atoms with E-state index < -0.39 is 18.3 Å². The third-order valence-electron chi connectivity index (χ3n) is 5.98. The van der Waals surface area contributed by atoms with Crippen LogP contribution in [0.3, 0.4) is 0 Å². The summed E-state index contributed by atoms with van der Waals surface area (Å²) in [5, 5.41) is 7.10. The predicted octanol–water partition coefficient (Wildman–Crippen LogP) is 4.10. The SMILES string of the molecule is O=C(c1cc2n(n1)[C@H](C(F)(F)F)C[C@H](c1ccco1)N2)N1CCN(c2ccccc2)CC1. The molecule has 2 aliphatic heterocycles. The van der Waals surface area contributed by atoms with E-state index in [0.29, 0.717) is 31.9 Å². The molecule has 0 radical (unpaired) electrons. The van der Waals surface area contributed by atoms with Crippen molar-refractivity contribution in [2.24, 2.45) is 0 Å². The Morgan fingerprint density at radius 2 is 1.81 bits per heavy atom. The minimum Gasteiger partial charge on any atom is -0.467 e. The number of anilines is 2. The van der Waals surface area contributed by atoms with Crippen LogP contribution in [0.25, 0.3) is 0 Å². The average molecular weight is 445 g/mol. The van der Waals surface area contributed by atoms with Crippen LogP contribution < -0.4 is 10.2 Å². The lowest BCUT2D eigenvalue weighted by atomic mass is 10.0. The van der Waals surface area contributed by atoms with Gasteiger partial charge in [-0.15, -0.1) is 0 Å². The van der Waals surface area contributed by atoms with Gasteiger partial charge in [0.2, 0.25) is 0 Å². The number of furan rings is 1. The number of fused-ring (bicyclic) bond motifs is 1. The van der Waals surface area contributed by atoms with Gasteiger partial charge in [0.1, 0.15) is 11.6 Å². The van der Waals surface area contributed by atoms with E-state index in [1.807, 2.05) is 30.3 Å². The second-order valence-corrected chi connectivity index (χ2v) is 7.98. The van der Waals surface area contributed by atoms with Crippen LogP contribution in [-0.4, -0.2) is 52.9 Å². The van der Waals surface area contributed by atoms with Crippen molar-refractivity contribution in [3.63, 3.8) is 0 Å². The van der Waals surface area contributed by atoms with Crippen molar-refractivity contribution in [2.75, 3.05) is 36.4 Å². The highest BCUT2D eigenvalue weighted by atomic mass is 19.4. The minimum absolute atomic E-state index is 0.00926. The molecular weight excluding hydrogens is 423 g/mol. The Morgan fingerprint density at radius 1 is 1.06 bits per heavy atom. The third kappa shape index (κ3) is 3.80. The lowest BCUT2D eigenvalue weighted by Crippen LogP contribution is -2.49. The van der Waals surface area contributed by atoms with Crippen LogP contribution in [0.5, 0.6) is 0 Å². The number of nitrogens with one attached hydrogen (secondary N) is 1. The van der Waals surface area contributed by atoms with Gasteiger partial charge in [0.15, 0.2) is 11.7 Å². The summed E-state index contributed by atoms with van der Waals surface area (Å²) in [5.74, 6) is 0.208. The molecule has 0 bridgehead atoms. The molecule has 168 valence electrons. The number of halogens is 3. The van der Waals surface area contributed by atoms with Crippen molar-refractivity contribution in [2.45, 2.75) is 24.7 Å². The molecule has 2 aliphatic rings. The molecule has 2 atom stereocenters. The Hall–Kier alpha value is -3.43. The number of amides is 1. The molecule has 1 fully saturated rings. The zero-order valence-electron chi connectivity index (χ0n) is 17.1. The summed E-state index contributed by atoms with van der Waals surface area (Å²) in [6.07, 6.45) is -3.35. The summed E-state index contributed by atoms with van der Waals surface area (Å²) in [6, 6.07) is 12.1. The molecule has 1 saturated heterocycles. The fraction of sp³-hybridized carbons (Fsp3) is 0.364. The van der Waals surface area contributed by atoms with E-state index in [4.69, 9.17) is 4.42 Å². The highest BCUT2D eigenvalue weighted by Gasteiger charge is 2.47. The van der Waals surface area contributed by atoms with E-state index in [9.17, 15) is 18.0 Å². The van der Waals surface area contributed by atoms with Gasteiger partial charge in [0, 0.05) is 44.4 Å². The number of alkyl halides is 3. The Kier molecular flexibility index (Phi) is 5.07. The van der Waals surface area contributed by atoms with E-state index in [1.165, 1.54) is 12.3 Å². The summed E-state index contributed by atoms with van der Waals surface area (Å²) < 4.78 is 47.5. The second kappa shape index (κ2) is 7.92. The number of carbonyl (C=O) groups excluding carboxylic acids is 1. The number of benzene rings is 1. The number of hydrogen-bond donors (Lipinski definition) is 1. The maximum absolute atomic E-state index is 13.8. The van der Waals surface area contributed by atoms with Gasteiger partial charge in [-0.2, -0.15) is 18.3 Å². The molecule has 5 rings (SSSR count). The summed E-state index contributed by atoms with van der Waals surface area (Å²) in [4.78, 5) is 16.8. The fourth-order valence-electron chi connectivity index (χ4n) is 4.32. The molecule has 0 spiro atoms. The standard InChI is InChI=1S/C22H22F3N5O2/c23-22(24,25)19-13-16(18-7-4-12-32-18)26-20-14-17(27-30(19)20)21(31)29-10-8-28(9-11-29)15-5-2-1-3-6-15/h1-7,12,14,16,19,26H,8-11,13H2/t16-,19+/m1/s1. The van der Waals surface area contributed by atoms with Crippen molar-refractivity contribution in [1.82, 2.24) is 14.7 Å². The van der Waals surface area contributed by atoms with E-state index in [0.717, 1.165) is 10.4 Å². The summed E-state index contributed by atoms with van der Waals surface area (Å²) in [5.41, 5.74) is 1.09. The van der Waals surface area contributed by atoms with Gasteiger partial charge in [0.05, 0.1) is 12.3 Å². The monoisotopic (exact) mass is 445 g/mol. The number of carbonyl (C=O) groups is 1. The normalized spacial score (nSPS) is 21.2. The van der Waals surface area contributed by atoms with Gasteiger partial charge in [-0.3, -0.25) is 4.79 Å². The molecule has 0 aliphatic carbocycles. The highest BCUT2D eigenvalue weighted by molar-refractivity contribution is 5.93. The van der Waals surface area contributed by atoms with Crippen molar-refractivity contribution < 1.29 is 22.4 Å². The Balaban J connectivity index is 1.34. The van der Waals surface area contributed by atoms with Crippen LogP contribution in [0, 0.1) is 0 Å². The third-order valence-corrected chi connectivity index (χ3v) is 5.98. The Bertz CT molecular complexity index is 1070. The van der Waals surface area contributed by atoms with Gasteiger partial charge in [-0.1, -0.05) is 18.2 Å². The average Bonchev–Trinajstić information content (AvgIpc) is 3.48. The van der Waals surface area contributed by atoms with Crippen molar-refractivity contribution in [1.29, 1.82) is 0 Å². The Morgan fingerprint density at radius 3 is 2.47 bits per heavy atom. The maximum atomic E-state index is 13.8. The van der Waals surface area contributed by atoms with Gasteiger partial charge < -0.3 is 19.5 Å².